The summed E-state index contributed by atoms with van der Waals surface area (Å²) in [4.78, 5) is 2.13. The largest absolute Gasteiger partial charge is 0.497 e. The van der Waals surface area contributed by atoms with Crippen molar-refractivity contribution < 1.29 is 9.13 Å². The van der Waals surface area contributed by atoms with Gasteiger partial charge in [0.2, 0.25) is 0 Å². The summed E-state index contributed by atoms with van der Waals surface area (Å²) in [5, 5.41) is 0. The first-order valence-corrected chi connectivity index (χ1v) is 7.20. The minimum atomic E-state index is -0.156. The van der Waals surface area contributed by atoms with E-state index in [-0.39, 0.29) is 5.82 Å². The molecule has 0 saturated heterocycles. The van der Waals surface area contributed by atoms with Crippen molar-refractivity contribution in [2.24, 2.45) is 0 Å². The first-order chi connectivity index (χ1) is 10.7. The van der Waals surface area contributed by atoms with Gasteiger partial charge in [-0.15, -0.1) is 0 Å². The van der Waals surface area contributed by atoms with Crippen LogP contribution in [0.5, 0.6) is 5.75 Å². The van der Waals surface area contributed by atoms with Crippen molar-refractivity contribution in [2.45, 2.75) is 13.1 Å². The predicted molar refractivity (Wildman–Crippen MR) is 86.8 cm³/mol. The molecular weight excluding hydrogens is 277 g/mol. The molecule has 0 bridgehead atoms. The van der Waals surface area contributed by atoms with Gasteiger partial charge in [-0.25, -0.2) is 4.39 Å². The zero-order chi connectivity index (χ0) is 15.5. The average Bonchev–Trinajstić information content (AvgIpc) is 2.56. The van der Waals surface area contributed by atoms with Gasteiger partial charge < -0.3 is 9.64 Å². The fourth-order valence-electron chi connectivity index (χ4n) is 2.70. The number of hydrogen-bond acceptors (Lipinski definition) is 2. The quantitative estimate of drug-likeness (QED) is 0.830. The number of ether oxygens (including phenoxy) is 1. The Bertz CT molecular complexity index is 719. The Kier molecular flexibility index (Phi) is 3.96. The van der Waals surface area contributed by atoms with E-state index in [0.717, 1.165) is 28.1 Å². The van der Waals surface area contributed by atoms with E-state index in [1.54, 1.807) is 13.2 Å². The number of benzene rings is 2. The van der Waals surface area contributed by atoms with Crippen molar-refractivity contribution in [1.29, 1.82) is 0 Å². The average molecular weight is 295 g/mol. The van der Waals surface area contributed by atoms with Crippen LogP contribution in [0.1, 0.15) is 16.7 Å². The maximum Gasteiger partial charge on any atom is 0.128 e. The van der Waals surface area contributed by atoms with Crippen LogP contribution in [0.2, 0.25) is 0 Å². The molecule has 0 aliphatic carbocycles. The lowest BCUT2D eigenvalue weighted by molar-refractivity contribution is 0.331. The van der Waals surface area contributed by atoms with Crippen molar-refractivity contribution >= 4 is 6.08 Å². The summed E-state index contributed by atoms with van der Waals surface area (Å²) in [5.74, 6) is 0.676. The van der Waals surface area contributed by atoms with Gasteiger partial charge in [-0.05, 0) is 41.5 Å². The number of fused-ring (bicyclic) bond motifs is 1. The second kappa shape index (κ2) is 6.06. The molecule has 0 saturated carbocycles. The van der Waals surface area contributed by atoms with E-state index >= 15 is 0 Å². The fraction of sp³-hybridized carbons (Fsp3) is 0.158. The molecule has 22 heavy (non-hydrogen) atoms. The minimum Gasteiger partial charge on any atom is -0.497 e. The van der Waals surface area contributed by atoms with Crippen molar-refractivity contribution in [3.8, 4) is 5.75 Å². The van der Waals surface area contributed by atoms with Crippen LogP contribution >= 0.6 is 0 Å². The van der Waals surface area contributed by atoms with Gasteiger partial charge in [0.1, 0.15) is 11.6 Å². The summed E-state index contributed by atoms with van der Waals surface area (Å²) in [6.45, 7) is 5.13. The van der Waals surface area contributed by atoms with E-state index in [1.807, 2.05) is 42.5 Å². The molecule has 1 aliphatic rings. The zero-order valence-corrected chi connectivity index (χ0v) is 12.6. The molecule has 2 aromatic carbocycles. The Balaban J connectivity index is 1.87. The summed E-state index contributed by atoms with van der Waals surface area (Å²) in [6.07, 6.45) is 3.80. The minimum absolute atomic E-state index is 0.156. The van der Waals surface area contributed by atoms with Gasteiger partial charge in [-0.2, -0.15) is 0 Å². The summed E-state index contributed by atoms with van der Waals surface area (Å²) in [6, 6.07) is 13.1. The Morgan fingerprint density at radius 3 is 2.68 bits per heavy atom. The number of rotatable bonds is 4. The molecule has 112 valence electrons. The molecule has 3 heteroatoms. The lowest BCUT2D eigenvalue weighted by Crippen LogP contribution is -2.25. The lowest BCUT2D eigenvalue weighted by atomic mass is 10.00. The normalized spacial score (nSPS) is 13.4. The third-order valence-corrected chi connectivity index (χ3v) is 3.91. The summed E-state index contributed by atoms with van der Waals surface area (Å²) in [5.41, 5.74) is 3.82. The van der Waals surface area contributed by atoms with Crippen LogP contribution in [-0.2, 0) is 13.1 Å². The van der Waals surface area contributed by atoms with Gasteiger partial charge in [0.25, 0.3) is 0 Å². The smallest absolute Gasteiger partial charge is 0.128 e. The van der Waals surface area contributed by atoms with E-state index in [0.29, 0.717) is 13.1 Å². The second-order valence-electron chi connectivity index (χ2n) is 5.29. The maximum atomic E-state index is 14.0. The molecule has 0 spiro atoms. The molecule has 2 nitrogen and oxygen atoms in total. The topological polar surface area (TPSA) is 12.5 Å². The van der Waals surface area contributed by atoms with Crippen molar-refractivity contribution in [2.75, 3.05) is 7.11 Å². The molecule has 0 N–H and O–H groups in total. The van der Waals surface area contributed by atoms with E-state index in [1.165, 1.54) is 6.07 Å². The number of hydrogen-bond donors (Lipinski definition) is 0. The zero-order valence-electron chi connectivity index (χ0n) is 12.6. The van der Waals surface area contributed by atoms with E-state index in [4.69, 9.17) is 4.74 Å². The number of allylic oxidation sites excluding steroid dienone is 1. The standard InChI is InChI=1S/C19H18FNO/c1-3-16-11-15-5-4-6-19(20)18(15)13-21(16)12-14-7-9-17(22-2)10-8-14/h3-11H,1,12-13H2,2H3. The summed E-state index contributed by atoms with van der Waals surface area (Å²) < 4.78 is 19.2. The Morgan fingerprint density at radius 2 is 2.00 bits per heavy atom. The van der Waals surface area contributed by atoms with Gasteiger partial charge in [0.05, 0.1) is 7.11 Å². The first-order valence-electron chi connectivity index (χ1n) is 7.20. The van der Waals surface area contributed by atoms with Crippen LogP contribution in [-0.4, -0.2) is 12.0 Å². The number of halogens is 1. The molecule has 0 aromatic heterocycles. The molecule has 0 unspecified atom stereocenters. The maximum absolute atomic E-state index is 14.0. The van der Waals surface area contributed by atoms with E-state index in [9.17, 15) is 4.39 Å². The fourth-order valence-corrected chi connectivity index (χ4v) is 2.70. The van der Waals surface area contributed by atoms with Crippen LogP contribution < -0.4 is 4.74 Å². The van der Waals surface area contributed by atoms with Gasteiger partial charge in [-0.1, -0.05) is 30.8 Å². The van der Waals surface area contributed by atoms with Crippen LogP contribution in [0.25, 0.3) is 6.08 Å². The van der Waals surface area contributed by atoms with E-state index < -0.39 is 0 Å². The third kappa shape index (κ3) is 2.75. The van der Waals surface area contributed by atoms with Crippen molar-refractivity contribution in [3.05, 3.63) is 83.3 Å². The molecule has 0 atom stereocenters. The van der Waals surface area contributed by atoms with Crippen LogP contribution in [0.4, 0.5) is 4.39 Å². The molecule has 1 aliphatic heterocycles. The molecule has 3 rings (SSSR count). The molecule has 1 heterocycles. The predicted octanol–water partition coefficient (Wildman–Crippen LogP) is 4.38. The lowest BCUT2D eigenvalue weighted by Gasteiger charge is -2.30. The Hall–Kier alpha value is -2.55. The highest BCUT2D eigenvalue weighted by Gasteiger charge is 2.19. The molecule has 2 aromatic rings. The van der Waals surface area contributed by atoms with Gasteiger partial charge in [0, 0.05) is 24.4 Å². The molecule has 0 amide bonds. The molecule has 0 fully saturated rings. The summed E-state index contributed by atoms with van der Waals surface area (Å²) >= 11 is 0. The van der Waals surface area contributed by atoms with Gasteiger partial charge >= 0.3 is 0 Å². The second-order valence-corrected chi connectivity index (χ2v) is 5.29. The van der Waals surface area contributed by atoms with Crippen molar-refractivity contribution in [3.63, 3.8) is 0 Å². The monoisotopic (exact) mass is 295 g/mol. The Morgan fingerprint density at radius 1 is 1.23 bits per heavy atom. The highest BCUT2D eigenvalue weighted by Crippen LogP contribution is 2.28. The first kappa shape index (κ1) is 14.4. The van der Waals surface area contributed by atoms with Gasteiger partial charge in [-0.3, -0.25) is 0 Å². The Labute approximate surface area is 130 Å². The molecule has 0 radical (unpaired) electrons. The number of nitrogens with zero attached hydrogens (tertiary/aromatic N) is 1. The SMILES string of the molecule is C=CC1=Cc2cccc(F)c2CN1Cc1ccc(OC)cc1. The van der Waals surface area contributed by atoms with Crippen LogP contribution in [0.3, 0.4) is 0 Å². The van der Waals surface area contributed by atoms with E-state index in [2.05, 4.69) is 11.5 Å². The molecular formula is C19H18FNO. The highest BCUT2D eigenvalue weighted by molar-refractivity contribution is 5.61. The van der Waals surface area contributed by atoms with Crippen LogP contribution in [0, 0.1) is 5.82 Å². The summed E-state index contributed by atoms with van der Waals surface area (Å²) in [7, 11) is 1.65. The van der Waals surface area contributed by atoms with Crippen molar-refractivity contribution in [1.82, 2.24) is 4.90 Å². The van der Waals surface area contributed by atoms with Crippen LogP contribution in [0.15, 0.2) is 60.8 Å². The van der Waals surface area contributed by atoms with Gasteiger partial charge in [0.15, 0.2) is 0 Å². The third-order valence-electron chi connectivity index (χ3n) is 3.91. The number of methoxy groups -OCH3 is 1. The highest BCUT2D eigenvalue weighted by atomic mass is 19.1.